The summed E-state index contributed by atoms with van der Waals surface area (Å²) in [6.45, 7) is 4.56. The van der Waals surface area contributed by atoms with E-state index in [0.717, 1.165) is 10.6 Å². The quantitative estimate of drug-likeness (QED) is 0.410. The third-order valence-corrected chi connectivity index (χ3v) is 4.56. The molecule has 120 valence electrons. The molecule has 0 radical (unpaired) electrons. The van der Waals surface area contributed by atoms with Crippen molar-refractivity contribution in [3.05, 3.63) is 41.5 Å². The lowest BCUT2D eigenvalue weighted by atomic mass is 10.2. The predicted octanol–water partition coefficient (Wildman–Crippen LogP) is 3.29. The monoisotopic (exact) mass is 339 g/mol. The van der Waals surface area contributed by atoms with Gasteiger partial charge in [-0.05, 0) is 26.0 Å². The van der Waals surface area contributed by atoms with Crippen LogP contribution in [-0.2, 0) is 4.79 Å². The lowest BCUT2D eigenvalue weighted by molar-refractivity contribution is -0.133. The van der Waals surface area contributed by atoms with Crippen molar-refractivity contribution in [3.8, 4) is 0 Å². The van der Waals surface area contributed by atoms with Crippen LogP contribution in [-0.4, -0.2) is 40.8 Å². The molecule has 22 heavy (non-hydrogen) atoms. The van der Waals surface area contributed by atoms with Crippen LogP contribution in [0, 0.1) is 0 Å². The molecular weight excluding hydrogens is 318 g/mol. The Hall–Kier alpha value is -1.40. The molecule has 1 aromatic rings. The average molecular weight is 339 g/mol. The highest BCUT2D eigenvalue weighted by Crippen LogP contribution is 2.23. The fourth-order valence-corrected chi connectivity index (χ4v) is 3.22. The van der Waals surface area contributed by atoms with Gasteiger partial charge in [0, 0.05) is 22.9 Å². The highest BCUT2D eigenvalue weighted by molar-refractivity contribution is 8.00. The number of hydrogen-bond acceptors (Lipinski definition) is 4. The number of rotatable bonds is 9. The summed E-state index contributed by atoms with van der Waals surface area (Å²) in [5.74, 6) is 0.533. The van der Waals surface area contributed by atoms with Gasteiger partial charge in [-0.15, -0.1) is 23.5 Å². The van der Waals surface area contributed by atoms with Gasteiger partial charge in [-0.3, -0.25) is 9.59 Å². The van der Waals surface area contributed by atoms with E-state index >= 15 is 0 Å². The largest absolute Gasteiger partial charge is 0.481 e. The van der Waals surface area contributed by atoms with E-state index in [1.54, 1.807) is 11.8 Å². The highest BCUT2D eigenvalue weighted by Gasteiger charge is 2.10. The van der Waals surface area contributed by atoms with Crippen LogP contribution >= 0.6 is 23.5 Å². The van der Waals surface area contributed by atoms with Gasteiger partial charge in [0.05, 0.1) is 11.3 Å². The Labute approximate surface area is 139 Å². The summed E-state index contributed by atoms with van der Waals surface area (Å²) in [5.41, 5.74) is 1.92. The van der Waals surface area contributed by atoms with Crippen molar-refractivity contribution in [3.63, 3.8) is 0 Å². The second-order valence-electron chi connectivity index (χ2n) is 4.79. The fraction of sp³-hybridized carbons (Fsp3) is 0.375. The molecule has 4 nitrogen and oxygen atoms in total. The van der Waals surface area contributed by atoms with Gasteiger partial charge in [0.25, 0.3) is 5.91 Å². The van der Waals surface area contributed by atoms with E-state index in [4.69, 9.17) is 5.11 Å². The summed E-state index contributed by atoms with van der Waals surface area (Å²) in [4.78, 5) is 23.5. The van der Waals surface area contributed by atoms with Crippen LogP contribution in [0.25, 0.3) is 0 Å². The van der Waals surface area contributed by atoms with Crippen molar-refractivity contribution in [1.29, 1.82) is 0 Å². The normalized spacial score (nSPS) is 10.1. The minimum Gasteiger partial charge on any atom is -0.481 e. The number of carboxylic acids is 1. The van der Waals surface area contributed by atoms with Crippen LogP contribution in [0.5, 0.6) is 0 Å². The number of carbonyl (C=O) groups is 2. The Morgan fingerprint density at radius 1 is 1.27 bits per heavy atom. The number of aliphatic carboxylic acids is 1. The lowest BCUT2D eigenvalue weighted by Crippen LogP contribution is -2.26. The van der Waals surface area contributed by atoms with E-state index in [9.17, 15) is 9.59 Å². The molecule has 6 heteroatoms. The van der Waals surface area contributed by atoms with E-state index in [0.29, 0.717) is 17.9 Å². The third kappa shape index (κ3) is 7.56. The van der Waals surface area contributed by atoms with Gasteiger partial charge in [-0.2, -0.15) is 0 Å². The molecule has 2 N–H and O–H groups in total. The van der Waals surface area contributed by atoms with Gasteiger partial charge in [0.15, 0.2) is 0 Å². The number of allylic oxidation sites excluding steroid dienone is 1. The second kappa shape index (κ2) is 10.3. The van der Waals surface area contributed by atoms with Gasteiger partial charge >= 0.3 is 5.97 Å². The van der Waals surface area contributed by atoms with Crippen LogP contribution in [0.4, 0.5) is 0 Å². The summed E-state index contributed by atoms with van der Waals surface area (Å²) in [6.07, 6.45) is 2.13. The first kappa shape index (κ1) is 18.6. The first-order chi connectivity index (χ1) is 10.5. The van der Waals surface area contributed by atoms with Gasteiger partial charge in [0.1, 0.15) is 0 Å². The molecular formula is C16H21NO3S2. The average Bonchev–Trinajstić information content (AvgIpc) is 2.46. The Morgan fingerprint density at radius 3 is 2.68 bits per heavy atom. The number of benzene rings is 1. The van der Waals surface area contributed by atoms with E-state index in [1.807, 2.05) is 38.1 Å². The molecule has 0 atom stereocenters. The van der Waals surface area contributed by atoms with Crippen molar-refractivity contribution in [2.75, 3.05) is 23.8 Å². The SMILES string of the molecule is CC(C)=CCSc1ccccc1C(=O)NCCSCC(=O)O. The van der Waals surface area contributed by atoms with Crippen molar-refractivity contribution in [1.82, 2.24) is 5.32 Å². The summed E-state index contributed by atoms with van der Waals surface area (Å²) in [5, 5.41) is 11.4. The van der Waals surface area contributed by atoms with Gasteiger partial charge in [0.2, 0.25) is 0 Å². The molecule has 0 aliphatic carbocycles. The summed E-state index contributed by atoms with van der Waals surface area (Å²) in [7, 11) is 0. The number of thioether (sulfide) groups is 2. The minimum absolute atomic E-state index is 0.0605. The molecule has 0 saturated heterocycles. The van der Waals surface area contributed by atoms with Crippen molar-refractivity contribution in [2.45, 2.75) is 18.7 Å². The molecule has 1 aromatic carbocycles. The molecule has 0 saturated carbocycles. The maximum atomic E-state index is 12.2. The van der Waals surface area contributed by atoms with E-state index in [1.165, 1.54) is 17.3 Å². The topological polar surface area (TPSA) is 66.4 Å². The summed E-state index contributed by atoms with van der Waals surface area (Å²) >= 11 is 2.92. The van der Waals surface area contributed by atoms with E-state index < -0.39 is 5.97 Å². The molecule has 0 bridgehead atoms. The predicted molar refractivity (Wildman–Crippen MR) is 93.9 cm³/mol. The van der Waals surface area contributed by atoms with Gasteiger partial charge < -0.3 is 10.4 Å². The summed E-state index contributed by atoms with van der Waals surface area (Å²) in [6, 6.07) is 7.52. The fourth-order valence-electron chi connectivity index (χ4n) is 1.57. The third-order valence-electron chi connectivity index (χ3n) is 2.62. The molecule has 0 spiro atoms. The molecule has 1 amide bonds. The van der Waals surface area contributed by atoms with Crippen LogP contribution < -0.4 is 5.32 Å². The zero-order valence-electron chi connectivity index (χ0n) is 12.8. The van der Waals surface area contributed by atoms with Crippen LogP contribution in [0.15, 0.2) is 40.8 Å². The minimum atomic E-state index is -0.836. The maximum Gasteiger partial charge on any atom is 0.313 e. The molecule has 0 aliphatic heterocycles. The van der Waals surface area contributed by atoms with Gasteiger partial charge in [-0.1, -0.05) is 23.8 Å². The first-order valence-electron chi connectivity index (χ1n) is 6.93. The van der Waals surface area contributed by atoms with Crippen molar-refractivity contribution in [2.24, 2.45) is 0 Å². The van der Waals surface area contributed by atoms with Crippen molar-refractivity contribution >= 4 is 35.4 Å². The molecule has 0 heterocycles. The standard InChI is InChI=1S/C16H21NO3S2/c1-12(2)7-9-22-14-6-4-3-5-13(14)16(20)17-8-10-21-11-15(18)19/h3-7H,8-11H2,1-2H3,(H,17,20)(H,18,19). The Balaban J connectivity index is 2.50. The zero-order valence-corrected chi connectivity index (χ0v) is 14.4. The first-order valence-corrected chi connectivity index (χ1v) is 9.07. The molecule has 0 aliphatic rings. The Bertz CT molecular complexity index is 540. The van der Waals surface area contributed by atoms with Gasteiger partial charge in [-0.25, -0.2) is 0 Å². The second-order valence-corrected chi connectivity index (χ2v) is 6.96. The maximum absolute atomic E-state index is 12.2. The van der Waals surface area contributed by atoms with Crippen LogP contribution in [0.1, 0.15) is 24.2 Å². The zero-order chi connectivity index (χ0) is 16.4. The lowest BCUT2D eigenvalue weighted by Gasteiger charge is -2.09. The molecule has 0 unspecified atom stereocenters. The van der Waals surface area contributed by atoms with Crippen molar-refractivity contribution < 1.29 is 14.7 Å². The molecule has 1 rings (SSSR count). The van der Waals surface area contributed by atoms with E-state index in [-0.39, 0.29) is 11.7 Å². The Kier molecular flexibility index (Phi) is 8.77. The number of carboxylic acid groups (broad SMARTS) is 1. The number of hydrogen-bond donors (Lipinski definition) is 2. The Morgan fingerprint density at radius 2 is 2.00 bits per heavy atom. The number of nitrogens with one attached hydrogen (secondary N) is 1. The summed E-state index contributed by atoms with van der Waals surface area (Å²) < 4.78 is 0. The van der Waals surface area contributed by atoms with E-state index in [2.05, 4.69) is 11.4 Å². The highest BCUT2D eigenvalue weighted by atomic mass is 32.2. The number of carbonyl (C=O) groups excluding carboxylic acids is 1. The molecule has 0 fully saturated rings. The number of amides is 1. The molecule has 0 aromatic heterocycles. The van der Waals surface area contributed by atoms with Crippen LogP contribution in [0.3, 0.4) is 0 Å². The smallest absolute Gasteiger partial charge is 0.313 e. The van der Waals surface area contributed by atoms with Crippen LogP contribution in [0.2, 0.25) is 0 Å².